The minimum absolute atomic E-state index is 0.0336. The van der Waals surface area contributed by atoms with Gasteiger partial charge in [-0.15, -0.1) is 11.3 Å². The van der Waals surface area contributed by atoms with E-state index in [2.05, 4.69) is 9.72 Å². The normalized spacial score (nSPS) is 20.7. The molecule has 0 aromatic carbocycles. The molecule has 1 atom stereocenters. The molecule has 0 aliphatic carbocycles. The van der Waals surface area contributed by atoms with Gasteiger partial charge in [0.1, 0.15) is 0 Å². The Labute approximate surface area is 128 Å². The molecule has 1 aromatic heterocycles. The van der Waals surface area contributed by atoms with Gasteiger partial charge in [0.25, 0.3) is 10.0 Å². The predicted octanol–water partition coefficient (Wildman–Crippen LogP) is 0.644. The quantitative estimate of drug-likeness (QED) is 0.753. The second-order valence-electron chi connectivity index (χ2n) is 5.10. The van der Waals surface area contributed by atoms with Crippen molar-refractivity contribution < 1.29 is 17.9 Å². The molecule has 118 valence electrons. The summed E-state index contributed by atoms with van der Waals surface area (Å²) >= 11 is 0.948. The molecule has 0 radical (unpaired) electrons. The molecule has 1 aliphatic heterocycles. The van der Waals surface area contributed by atoms with E-state index in [1.54, 1.807) is 0 Å². The first kappa shape index (κ1) is 16.3. The van der Waals surface area contributed by atoms with Gasteiger partial charge in [0.2, 0.25) is 0 Å². The molecule has 1 aliphatic rings. The lowest BCUT2D eigenvalue weighted by Gasteiger charge is -2.35. The molecule has 2 heterocycles. The molecule has 0 spiro atoms. The number of hydrogen-bond donors (Lipinski definition) is 0. The molecule has 1 fully saturated rings. The zero-order valence-corrected chi connectivity index (χ0v) is 13.9. The highest BCUT2D eigenvalue weighted by atomic mass is 32.2. The average Bonchev–Trinajstić information content (AvgIpc) is 2.96. The van der Waals surface area contributed by atoms with Gasteiger partial charge in [-0.25, -0.2) is 18.2 Å². The number of carbonyl (C=O) groups is 1. The van der Waals surface area contributed by atoms with Crippen molar-refractivity contribution in [2.75, 3.05) is 34.3 Å². The van der Waals surface area contributed by atoms with Crippen molar-refractivity contribution in [1.29, 1.82) is 0 Å². The van der Waals surface area contributed by atoms with Gasteiger partial charge in [-0.1, -0.05) is 0 Å². The Hall–Kier alpha value is -1.03. The summed E-state index contributed by atoms with van der Waals surface area (Å²) in [7, 11) is 1.38. The second-order valence-corrected chi connectivity index (χ2v) is 8.09. The number of carbonyl (C=O) groups excluding carboxylic acids is 1. The molecule has 0 N–H and O–H groups in total. The minimum atomic E-state index is -3.71. The van der Waals surface area contributed by atoms with Crippen LogP contribution in [0.15, 0.2) is 9.72 Å². The maximum Gasteiger partial charge on any atom is 0.358 e. The van der Waals surface area contributed by atoms with Crippen molar-refractivity contribution in [3.63, 3.8) is 0 Å². The highest BCUT2D eigenvalue weighted by Gasteiger charge is 2.35. The molecule has 2 rings (SSSR count). The fourth-order valence-corrected chi connectivity index (χ4v) is 5.12. The van der Waals surface area contributed by atoms with Crippen molar-refractivity contribution in [3.8, 4) is 0 Å². The largest absolute Gasteiger partial charge is 0.464 e. The first-order valence-corrected chi connectivity index (χ1v) is 8.88. The first-order valence-electron chi connectivity index (χ1n) is 6.56. The van der Waals surface area contributed by atoms with Gasteiger partial charge >= 0.3 is 5.97 Å². The number of hydrogen-bond acceptors (Lipinski definition) is 7. The first-order chi connectivity index (χ1) is 9.87. The average molecular weight is 333 g/mol. The van der Waals surface area contributed by atoms with Gasteiger partial charge < -0.3 is 9.64 Å². The number of rotatable bonds is 4. The lowest BCUT2D eigenvalue weighted by atomic mass is 10.1. The topological polar surface area (TPSA) is 79.8 Å². The Morgan fingerprint density at radius 1 is 1.52 bits per heavy atom. The maximum absolute atomic E-state index is 12.7. The molecule has 9 heteroatoms. The summed E-state index contributed by atoms with van der Waals surface area (Å²) in [6, 6.07) is 0.183. The van der Waals surface area contributed by atoms with E-state index >= 15 is 0 Å². The van der Waals surface area contributed by atoms with Crippen LogP contribution in [0.25, 0.3) is 0 Å². The molecular formula is C12H19N3O4S2. The molecule has 0 bridgehead atoms. The third kappa shape index (κ3) is 3.25. The smallest absolute Gasteiger partial charge is 0.358 e. The molecule has 0 amide bonds. The van der Waals surface area contributed by atoms with E-state index < -0.39 is 16.0 Å². The van der Waals surface area contributed by atoms with E-state index in [-0.39, 0.29) is 15.9 Å². The number of sulfonamides is 1. The van der Waals surface area contributed by atoms with Crippen LogP contribution in [0.3, 0.4) is 0 Å². The van der Waals surface area contributed by atoms with Crippen LogP contribution in [0.1, 0.15) is 23.3 Å². The third-order valence-electron chi connectivity index (χ3n) is 3.58. The summed E-state index contributed by atoms with van der Waals surface area (Å²) in [4.78, 5) is 17.5. The molecule has 1 saturated heterocycles. The van der Waals surface area contributed by atoms with Crippen molar-refractivity contribution >= 4 is 27.3 Å². The summed E-state index contributed by atoms with van der Waals surface area (Å²) in [6.07, 6.45) is 1.76. The fraction of sp³-hybridized carbons (Fsp3) is 0.667. The monoisotopic (exact) mass is 333 g/mol. The Bertz CT molecular complexity index is 612. The number of ether oxygens (including phenoxy) is 1. The number of likely N-dealkylation sites (N-methyl/N-ethyl adjacent to an activating group) is 1. The van der Waals surface area contributed by atoms with E-state index in [9.17, 15) is 13.2 Å². The highest BCUT2D eigenvalue weighted by molar-refractivity contribution is 7.91. The zero-order valence-electron chi connectivity index (χ0n) is 12.3. The van der Waals surface area contributed by atoms with Gasteiger partial charge in [0.05, 0.1) is 12.6 Å². The molecule has 21 heavy (non-hydrogen) atoms. The summed E-state index contributed by atoms with van der Waals surface area (Å²) in [5.74, 6) is -0.726. The Morgan fingerprint density at radius 2 is 2.24 bits per heavy atom. The number of thiazole rings is 1. The second kappa shape index (κ2) is 6.39. The molecular weight excluding hydrogens is 314 g/mol. The van der Waals surface area contributed by atoms with E-state index in [1.165, 1.54) is 16.9 Å². The third-order valence-corrected chi connectivity index (χ3v) is 6.79. The SMILES string of the molecule is COC(=O)c1ncsc1S(=O)(=O)N1CCCC(N(C)C)C1. The maximum atomic E-state index is 12.7. The summed E-state index contributed by atoms with van der Waals surface area (Å²) in [5.41, 5.74) is 1.22. The van der Waals surface area contributed by atoms with Gasteiger partial charge in [-0.3, -0.25) is 0 Å². The van der Waals surface area contributed by atoms with Crippen molar-refractivity contribution in [3.05, 3.63) is 11.2 Å². The Balaban J connectivity index is 2.30. The summed E-state index contributed by atoms with van der Waals surface area (Å²) in [5, 5.41) is 0. The molecule has 1 aromatic rings. The molecule has 1 unspecified atom stereocenters. The van der Waals surface area contributed by atoms with Gasteiger partial charge in [-0.2, -0.15) is 4.31 Å². The van der Waals surface area contributed by atoms with Gasteiger partial charge in [-0.05, 0) is 26.9 Å². The van der Waals surface area contributed by atoms with Gasteiger partial charge in [0.15, 0.2) is 9.90 Å². The summed E-state index contributed by atoms with van der Waals surface area (Å²) in [6.45, 7) is 0.888. The zero-order chi connectivity index (χ0) is 15.6. The van der Waals surface area contributed by atoms with E-state index in [1.807, 2.05) is 19.0 Å². The fourth-order valence-electron chi connectivity index (χ4n) is 2.33. The van der Waals surface area contributed by atoms with E-state index in [0.29, 0.717) is 13.1 Å². The van der Waals surface area contributed by atoms with Crippen LogP contribution in [-0.2, 0) is 14.8 Å². The van der Waals surface area contributed by atoms with Crippen LogP contribution >= 0.6 is 11.3 Å². The Morgan fingerprint density at radius 3 is 2.86 bits per heavy atom. The Kier molecular flexibility index (Phi) is 4.97. The lowest BCUT2D eigenvalue weighted by molar-refractivity contribution is 0.0590. The molecule has 0 saturated carbocycles. The molecule has 7 nitrogen and oxygen atoms in total. The van der Waals surface area contributed by atoms with E-state index in [4.69, 9.17) is 0 Å². The van der Waals surface area contributed by atoms with Crippen molar-refractivity contribution in [2.45, 2.75) is 23.1 Å². The number of nitrogens with zero attached hydrogens (tertiary/aromatic N) is 3. The van der Waals surface area contributed by atoms with Crippen LogP contribution < -0.4 is 0 Å². The van der Waals surface area contributed by atoms with Crippen LogP contribution in [0.5, 0.6) is 0 Å². The van der Waals surface area contributed by atoms with Crippen LogP contribution in [0.2, 0.25) is 0 Å². The standard InChI is InChI=1S/C12H19N3O4S2/c1-14(2)9-5-4-6-15(7-9)21(17,18)12-10(11(16)19-3)13-8-20-12/h8-9H,4-7H2,1-3H3. The van der Waals surface area contributed by atoms with Crippen LogP contribution in [0, 0.1) is 0 Å². The number of methoxy groups -OCH3 is 1. The van der Waals surface area contributed by atoms with Crippen LogP contribution in [0.4, 0.5) is 0 Å². The van der Waals surface area contributed by atoms with Gasteiger partial charge in [0, 0.05) is 19.1 Å². The predicted molar refractivity (Wildman–Crippen MR) is 78.9 cm³/mol. The van der Waals surface area contributed by atoms with Crippen molar-refractivity contribution in [2.24, 2.45) is 0 Å². The summed E-state index contributed by atoms with van der Waals surface area (Å²) < 4.78 is 31.4. The van der Waals surface area contributed by atoms with Crippen molar-refractivity contribution in [1.82, 2.24) is 14.2 Å². The number of esters is 1. The van der Waals surface area contributed by atoms with E-state index in [0.717, 1.165) is 24.2 Å². The minimum Gasteiger partial charge on any atom is -0.464 e. The van der Waals surface area contributed by atoms with Crippen LogP contribution in [-0.4, -0.2) is 68.9 Å². The highest BCUT2D eigenvalue weighted by Crippen LogP contribution is 2.27. The lowest BCUT2D eigenvalue weighted by Crippen LogP contribution is -2.47. The number of aromatic nitrogens is 1. The number of piperidine rings is 1.